The average molecular weight is 508 g/mol. The number of anilines is 1. The number of nitrogens with one attached hydrogen (secondary N) is 1. The monoisotopic (exact) mass is 507 g/mol. The van der Waals surface area contributed by atoms with Gasteiger partial charge in [-0.25, -0.2) is 14.8 Å². The molecule has 0 bridgehead atoms. The lowest BCUT2D eigenvalue weighted by Crippen LogP contribution is -2.30. The Labute approximate surface area is 213 Å². The zero-order chi connectivity index (χ0) is 24.8. The van der Waals surface area contributed by atoms with Crippen LogP contribution in [0.4, 0.5) is 5.95 Å². The lowest BCUT2D eigenvalue weighted by atomic mass is 9.83. The van der Waals surface area contributed by atoms with Crippen LogP contribution < -0.4 is 10.7 Å². The number of aromatic amines is 1. The van der Waals surface area contributed by atoms with Gasteiger partial charge >= 0.3 is 5.76 Å². The van der Waals surface area contributed by atoms with E-state index in [9.17, 15) is 4.79 Å². The van der Waals surface area contributed by atoms with Crippen LogP contribution in [0, 0.1) is 11.8 Å². The first-order chi connectivity index (χ1) is 17.5. The predicted molar refractivity (Wildman–Crippen MR) is 139 cm³/mol. The summed E-state index contributed by atoms with van der Waals surface area (Å²) in [6.07, 6.45) is 10.6. The molecule has 1 aliphatic heterocycles. The molecule has 1 N–H and O–H groups in total. The van der Waals surface area contributed by atoms with Crippen LogP contribution in [-0.2, 0) is 6.54 Å². The van der Waals surface area contributed by atoms with Gasteiger partial charge in [-0.1, -0.05) is 36.5 Å². The van der Waals surface area contributed by atoms with E-state index in [1.165, 1.54) is 25.7 Å². The summed E-state index contributed by atoms with van der Waals surface area (Å²) in [4.78, 5) is 31.2. The van der Waals surface area contributed by atoms with Crippen molar-refractivity contribution in [2.45, 2.75) is 65.0 Å². The third kappa shape index (κ3) is 4.30. The molecule has 5 heterocycles. The minimum atomic E-state index is -0.624. The normalized spacial score (nSPS) is 22.5. The van der Waals surface area contributed by atoms with E-state index in [1.807, 2.05) is 12.1 Å². The van der Waals surface area contributed by atoms with Crippen LogP contribution >= 0.6 is 11.6 Å². The highest BCUT2D eigenvalue weighted by Crippen LogP contribution is 2.38. The number of pyridine rings is 2. The topological polar surface area (TPSA) is 106 Å². The molecule has 1 atom stereocenters. The summed E-state index contributed by atoms with van der Waals surface area (Å²) >= 11 is 6.35. The molecule has 1 aliphatic carbocycles. The number of hydrogen-bond acceptors (Lipinski definition) is 7. The summed E-state index contributed by atoms with van der Waals surface area (Å²) in [5.74, 6) is 2.01. The molecular weight excluding hydrogens is 478 g/mol. The summed E-state index contributed by atoms with van der Waals surface area (Å²) in [5, 5.41) is 4.40. The lowest BCUT2D eigenvalue weighted by Gasteiger charge is -2.29. The average Bonchev–Trinajstić information content (AvgIpc) is 3.58. The molecule has 6 rings (SSSR count). The summed E-state index contributed by atoms with van der Waals surface area (Å²) < 4.78 is 7.13. The van der Waals surface area contributed by atoms with Gasteiger partial charge in [0.15, 0.2) is 0 Å². The summed E-state index contributed by atoms with van der Waals surface area (Å²) in [7, 11) is 0. The maximum absolute atomic E-state index is 11.7. The molecule has 0 radical (unpaired) electrons. The first kappa shape index (κ1) is 23.2. The van der Waals surface area contributed by atoms with Gasteiger partial charge in [0.05, 0.1) is 21.7 Å². The highest BCUT2D eigenvalue weighted by Gasteiger charge is 2.30. The second kappa shape index (κ2) is 9.35. The molecule has 0 spiro atoms. The Morgan fingerprint density at radius 2 is 1.94 bits per heavy atom. The van der Waals surface area contributed by atoms with E-state index in [1.54, 1.807) is 12.4 Å². The van der Waals surface area contributed by atoms with Crippen LogP contribution in [0.15, 0.2) is 33.8 Å². The fourth-order valence-electron chi connectivity index (χ4n) is 5.74. The van der Waals surface area contributed by atoms with E-state index in [2.05, 4.69) is 38.4 Å². The molecular formula is C26H30ClN7O2. The third-order valence-electron chi connectivity index (χ3n) is 7.75. The summed E-state index contributed by atoms with van der Waals surface area (Å²) in [6.45, 7) is 6.50. The number of imidazole rings is 1. The molecule has 188 valence electrons. The number of rotatable bonds is 5. The molecule has 4 aromatic heterocycles. The minimum absolute atomic E-state index is 0.269. The van der Waals surface area contributed by atoms with Crippen LogP contribution in [0.2, 0.25) is 5.02 Å². The van der Waals surface area contributed by atoms with Gasteiger partial charge in [-0.2, -0.15) is 0 Å². The van der Waals surface area contributed by atoms with Crippen LogP contribution in [0.25, 0.3) is 33.8 Å². The van der Waals surface area contributed by atoms with E-state index in [0.29, 0.717) is 22.7 Å². The second-order valence-electron chi connectivity index (χ2n) is 10.4. The van der Waals surface area contributed by atoms with Crippen LogP contribution in [-0.4, -0.2) is 42.2 Å². The Morgan fingerprint density at radius 3 is 2.64 bits per heavy atom. The number of aromatic nitrogens is 6. The Balaban J connectivity index is 1.58. The molecule has 2 aliphatic rings. The lowest BCUT2D eigenvalue weighted by molar-refractivity contribution is 0.267. The zero-order valence-corrected chi connectivity index (χ0v) is 21.3. The van der Waals surface area contributed by atoms with Crippen molar-refractivity contribution < 1.29 is 4.52 Å². The van der Waals surface area contributed by atoms with Gasteiger partial charge in [0, 0.05) is 37.1 Å². The summed E-state index contributed by atoms with van der Waals surface area (Å²) in [5.41, 5.74) is 3.76. The molecule has 0 amide bonds. The van der Waals surface area contributed by atoms with Gasteiger partial charge in [-0.3, -0.25) is 14.5 Å². The maximum atomic E-state index is 11.7. The second-order valence-corrected chi connectivity index (χ2v) is 10.8. The molecule has 0 aromatic carbocycles. The molecule has 9 nitrogen and oxygen atoms in total. The van der Waals surface area contributed by atoms with Crippen LogP contribution in [0.5, 0.6) is 0 Å². The number of nitrogens with zero attached hydrogens (tertiary/aromatic N) is 6. The van der Waals surface area contributed by atoms with Gasteiger partial charge in [0.1, 0.15) is 5.69 Å². The van der Waals surface area contributed by atoms with Crippen molar-refractivity contribution in [3.05, 3.63) is 40.1 Å². The largest absolute Gasteiger partial charge is 0.439 e. The first-order valence-electron chi connectivity index (χ1n) is 12.8. The third-order valence-corrected chi connectivity index (χ3v) is 7.96. The van der Waals surface area contributed by atoms with E-state index in [0.717, 1.165) is 60.1 Å². The zero-order valence-electron chi connectivity index (χ0n) is 20.6. The summed E-state index contributed by atoms with van der Waals surface area (Å²) in [6, 6.07) is 4.17. The molecule has 10 heteroatoms. The molecule has 4 aromatic rings. The Hall–Kier alpha value is -3.20. The van der Waals surface area contributed by atoms with Gasteiger partial charge < -0.3 is 9.47 Å². The maximum Gasteiger partial charge on any atom is 0.439 e. The van der Waals surface area contributed by atoms with Crippen molar-refractivity contribution in [3.8, 4) is 22.8 Å². The highest BCUT2D eigenvalue weighted by atomic mass is 35.5. The smallest absolute Gasteiger partial charge is 0.340 e. The van der Waals surface area contributed by atoms with Gasteiger partial charge in [0.2, 0.25) is 11.8 Å². The molecule has 1 saturated carbocycles. The predicted octanol–water partition coefficient (Wildman–Crippen LogP) is 5.31. The van der Waals surface area contributed by atoms with E-state index in [-0.39, 0.29) is 5.82 Å². The first-order valence-corrected chi connectivity index (χ1v) is 13.2. The van der Waals surface area contributed by atoms with Gasteiger partial charge in [-0.05, 0) is 56.6 Å². The quantitative estimate of drug-likeness (QED) is 0.390. The van der Waals surface area contributed by atoms with Crippen LogP contribution in [0.1, 0.15) is 52.4 Å². The standard InChI is InChI=1S/C26H30ClN7O2/c1-15-5-7-17(8-6-15)14-34-23-20(30-25(34)33-9-3-4-16(33)2)11-21(24-31-26(35)36-32-24)29-22(23)18-10-19(27)13-28-12-18/h10-13,15-17H,3-9,14H2,1-2H3,(H,31,32,35)/t15?,16-,17?/m1/s1. The fraction of sp³-hybridized carbons (Fsp3) is 0.500. The van der Waals surface area contributed by atoms with Crippen molar-refractivity contribution in [1.29, 1.82) is 0 Å². The van der Waals surface area contributed by atoms with Crippen LogP contribution in [0.3, 0.4) is 0 Å². The van der Waals surface area contributed by atoms with Gasteiger partial charge in [-0.15, -0.1) is 0 Å². The van der Waals surface area contributed by atoms with Gasteiger partial charge in [0.25, 0.3) is 0 Å². The van der Waals surface area contributed by atoms with Crippen molar-refractivity contribution in [3.63, 3.8) is 0 Å². The molecule has 2 fully saturated rings. The van der Waals surface area contributed by atoms with Crippen molar-refractivity contribution in [2.24, 2.45) is 11.8 Å². The highest BCUT2D eigenvalue weighted by molar-refractivity contribution is 6.30. The Bertz CT molecular complexity index is 1450. The number of H-pyrrole nitrogens is 1. The Kier molecular flexibility index (Phi) is 6.03. The Morgan fingerprint density at radius 1 is 1.11 bits per heavy atom. The van der Waals surface area contributed by atoms with E-state index >= 15 is 0 Å². The van der Waals surface area contributed by atoms with Crippen molar-refractivity contribution in [2.75, 3.05) is 11.4 Å². The molecule has 0 unspecified atom stereocenters. The minimum Gasteiger partial charge on any atom is -0.340 e. The van der Waals surface area contributed by atoms with E-state index in [4.69, 9.17) is 26.1 Å². The number of halogens is 1. The van der Waals surface area contributed by atoms with Crippen molar-refractivity contribution in [1.82, 2.24) is 29.7 Å². The molecule has 36 heavy (non-hydrogen) atoms. The number of fused-ring (bicyclic) bond motifs is 1. The molecule has 1 saturated heterocycles. The SMILES string of the molecule is CC1CCC(Cn2c(N3CCC[C@H]3C)nc3cc(-c4noc(=O)[nH]4)nc(-c4cncc(Cl)c4)c32)CC1. The fourth-order valence-corrected chi connectivity index (χ4v) is 5.91. The van der Waals surface area contributed by atoms with E-state index < -0.39 is 5.76 Å². The number of hydrogen-bond donors (Lipinski definition) is 1. The van der Waals surface area contributed by atoms with Crippen molar-refractivity contribution >= 4 is 28.6 Å².